The van der Waals surface area contributed by atoms with Crippen molar-refractivity contribution >= 4 is 11.4 Å². The van der Waals surface area contributed by atoms with Crippen LogP contribution < -0.4 is 4.74 Å². The Morgan fingerprint density at radius 3 is 1.89 bits per heavy atom. The number of nitro groups is 2. The van der Waals surface area contributed by atoms with Crippen molar-refractivity contribution in [2.45, 2.75) is 12.5 Å². The average molecular weight is 400 g/mol. The molecule has 12 heteroatoms. The summed E-state index contributed by atoms with van der Waals surface area (Å²) in [6, 6.07) is 6.07. The van der Waals surface area contributed by atoms with Crippen LogP contribution in [0.15, 0.2) is 36.4 Å². The number of hydrogen-bond acceptors (Lipinski definition) is 7. The van der Waals surface area contributed by atoms with Crippen molar-refractivity contribution in [2.24, 2.45) is 0 Å². The molecule has 2 aromatic rings. The van der Waals surface area contributed by atoms with E-state index >= 15 is 0 Å². The zero-order valence-corrected chi connectivity index (χ0v) is 13.8. The van der Waals surface area contributed by atoms with E-state index in [1.54, 1.807) is 0 Å². The quantitative estimate of drug-likeness (QED) is 0.541. The molecule has 0 bridgehead atoms. The van der Waals surface area contributed by atoms with Gasteiger partial charge in [-0.1, -0.05) is 12.1 Å². The molecule has 3 rings (SSSR count). The molecule has 0 aromatic heterocycles. The van der Waals surface area contributed by atoms with Crippen LogP contribution in [0.4, 0.5) is 24.5 Å². The molecule has 1 aliphatic heterocycles. The van der Waals surface area contributed by atoms with Gasteiger partial charge in [0, 0.05) is 17.7 Å². The summed E-state index contributed by atoms with van der Waals surface area (Å²) in [6.07, 6.45) is -5.60. The summed E-state index contributed by atoms with van der Waals surface area (Å²) >= 11 is 0. The summed E-state index contributed by atoms with van der Waals surface area (Å²) in [6.45, 7) is 0.819. The van der Waals surface area contributed by atoms with Crippen molar-refractivity contribution in [1.82, 2.24) is 0 Å². The maximum atomic E-state index is 12.9. The van der Waals surface area contributed by atoms with Crippen molar-refractivity contribution in [3.8, 4) is 11.5 Å². The van der Waals surface area contributed by atoms with Crippen molar-refractivity contribution in [1.29, 1.82) is 0 Å². The summed E-state index contributed by atoms with van der Waals surface area (Å²) in [5.41, 5.74) is -3.26. The highest BCUT2D eigenvalue weighted by atomic mass is 19.4. The Balaban J connectivity index is 2.00. The van der Waals surface area contributed by atoms with Crippen LogP contribution in [0.3, 0.4) is 0 Å². The van der Waals surface area contributed by atoms with Gasteiger partial charge in [-0.15, -0.1) is 0 Å². The first-order chi connectivity index (χ1) is 13.2. The molecule has 0 unspecified atom stereocenters. The third-order valence-corrected chi connectivity index (χ3v) is 3.76. The van der Waals surface area contributed by atoms with Gasteiger partial charge in [0.25, 0.3) is 5.75 Å². The Labute approximate surface area is 154 Å². The lowest BCUT2D eigenvalue weighted by Crippen LogP contribution is -2.08. The van der Waals surface area contributed by atoms with Gasteiger partial charge in [0.2, 0.25) is 0 Å². The van der Waals surface area contributed by atoms with Crippen LogP contribution in [0.2, 0.25) is 0 Å². The fourth-order valence-corrected chi connectivity index (χ4v) is 2.50. The van der Waals surface area contributed by atoms with Gasteiger partial charge in [-0.2, -0.15) is 13.2 Å². The van der Waals surface area contributed by atoms with Gasteiger partial charge >= 0.3 is 17.6 Å². The average Bonchev–Trinajstić information content (AvgIpc) is 3.15. The molecule has 1 saturated heterocycles. The Hall–Kier alpha value is -3.25. The van der Waals surface area contributed by atoms with Crippen LogP contribution >= 0.6 is 0 Å². The molecule has 0 N–H and O–H groups in total. The predicted octanol–water partition coefficient (Wildman–Crippen LogP) is 4.36. The second kappa shape index (κ2) is 7.40. The maximum Gasteiger partial charge on any atom is 0.416 e. The van der Waals surface area contributed by atoms with Crippen molar-refractivity contribution in [2.75, 3.05) is 13.2 Å². The molecule has 0 aliphatic carbocycles. The molecule has 0 amide bonds. The van der Waals surface area contributed by atoms with Gasteiger partial charge in [0.05, 0.1) is 28.6 Å². The largest absolute Gasteiger partial charge is 0.444 e. The standard InChI is InChI=1S/C16H11F3N2O7/c17-16(18,19)10-7-12(20(22)23)14(13(8-10)21(24)25)28-11-3-1-9(2-4-11)15-26-5-6-27-15/h1-4,7-8,15H,5-6H2. The Morgan fingerprint density at radius 2 is 1.46 bits per heavy atom. The Morgan fingerprint density at radius 1 is 0.964 bits per heavy atom. The van der Waals surface area contributed by atoms with Crippen molar-refractivity contribution in [3.05, 3.63) is 67.8 Å². The summed E-state index contributed by atoms with van der Waals surface area (Å²) < 4.78 is 54.6. The third kappa shape index (κ3) is 4.02. The van der Waals surface area contributed by atoms with E-state index in [2.05, 4.69) is 0 Å². The highest BCUT2D eigenvalue weighted by Gasteiger charge is 2.38. The van der Waals surface area contributed by atoms with Crippen LogP contribution in [0.1, 0.15) is 17.4 Å². The van der Waals surface area contributed by atoms with Crippen LogP contribution in [0.25, 0.3) is 0 Å². The highest BCUT2D eigenvalue weighted by molar-refractivity contribution is 5.63. The fourth-order valence-electron chi connectivity index (χ4n) is 2.50. The van der Waals surface area contributed by atoms with E-state index in [1.165, 1.54) is 24.3 Å². The molecular formula is C16H11F3N2O7. The minimum atomic E-state index is -5.00. The number of nitro benzene ring substituents is 2. The van der Waals surface area contributed by atoms with Crippen LogP contribution in [-0.2, 0) is 15.7 Å². The van der Waals surface area contributed by atoms with E-state index in [1.807, 2.05) is 0 Å². The lowest BCUT2D eigenvalue weighted by molar-refractivity contribution is -0.396. The molecule has 28 heavy (non-hydrogen) atoms. The molecule has 1 fully saturated rings. The molecule has 2 aromatic carbocycles. The third-order valence-electron chi connectivity index (χ3n) is 3.76. The van der Waals surface area contributed by atoms with E-state index in [-0.39, 0.29) is 17.9 Å². The first-order valence-corrected chi connectivity index (χ1v) is 7.72. The lowest BCUT2D eigenvalue weighted by atomic mass is 10.1. The summed E-state index contributed by atoms with van der Waals surface area (Å²) in [4.78, 5) is 20.0. The topological polar surface area (TPSA) is 114 Å². The van der Waals surface area contributed by atoms with E-state index in [9.17, 15) is 33.4 Å². The number of benzene rings is 2. The zero-order valence-electron chi connectivity index (χ0n) is 13.8. The van der Waals surface area contributed by atoms with Crippen molar-refractivity contribution in [3.63, 3.8) is 0 Å². The molecule has 0 spiro atoms. The highest BCUT2D eigenvalue weighted by Crippen LogP contribution is 2.44. The normalized spacial score (nSPS) is 14.8. The van der Waals surface area contributed by atoms with Gasteiger partial charge < -0.3 is 14.2 Å². The predicted molar refractivity (Wildman–Crippen MR) is 85.9 cm³/mol. The summed E-state index contributed by atoms with van der Waals surface area (Å²) in [5, 5.41) is 22.4. The Kier molecular flexibility index (Phi) is 5.16. The second-order valence-corrected chi connectivity index (χ2v) is 5.60. The second-order valence-electron chi connectivity index (χ2n) is 5.60. The monoisotopic (exact) mass is 400 g/mol. The summed E-state index contributed by atoms with van der Waals surface area (Å²) in [5.74, 6) is -0.947. The first kappa shape index (κ1) is 19.5. The van der Waals surface area contributed by atoms with Gasteiger partial charge in [0.15, 0.2) is 6.29 Å². The molecular weight excluding hydrogens is 389 g/mol. The van der Waals surface area contributed by atoms with Gasteiger partial charge in [0.1, 0.15) is 5.75 Å². The number of alkyl halides is 3. The number of nitrogens with zero attached hydrogens (tertiary/aromatic N) is 2. The molecule has 0 radical (unpaired) electrons. The van der Waals surface area contributed by atoms with E-state index < -0.39 is 45.0 Å². The van der Waals surface area contributed by atoms with Crippen LogP contribution in [0.5, 0.6) is 11.5 Å². The molecule has 1 heterocycles. The number of halogens is 3. The minimum Gasteiger partial charge on any atom is -0.444 e. The zero-order chi connectivity index (χ0) is 20.5. The molecule has 148 valence electrons. The number of rotatable bonds is 5. The van der Waals surface area contributed by atoms with Gasteiger partial charge in [-0.05, 0) is 12.1 Å². The molecule has 9 nitrogen and oxygen atoms in total. The van der Waals surface area contributed by atoms with Crippen molar-refractivity contribution < 1.29 is 37.2 Å². The SMILES string of the molecule is O=[N+]([O-])c1cc(C(F)(F)F)cc([N+](=O)[O-])c1Oc1ccc(C2OCCO2)cc1. The van der Waals surface area contributed by atoms with Gasteiger partial charge in [-0.25, -0.2) is 0 Å². The van der Waals surface area contributed by atoms with Gasteiger partial charge in [-0.3, -0.25) is 20.2 Å². The van der Waals surface area contributed by atoms with E-state index in [0.29, 0.717) is 18.8 Å². The fraction of sp³-hybridized carbons (Fsp3) is 0.250. The van der Waals surface area contributed by atoms with E-state index in [4.69, 9.17) is 14.2 Å². The van der Waals surface area contributed by atoms with E-state index in [0.717, 1.165) is 0 Å². The number of ether oxygens (including phenoxy) is 3. The number of hydrogen-bond donors (Lipinski definition) is 0. The molecule has 0 saturated carbocycles. The molecule has 0 atom stereocenters. The maximum absolute atomic E-state index is 12.9. The Bertz CT molecular complexity index is 874. The van der Waals surface area contributed by atoms with Crippen LogP contribution in [0, 0.1) is 20.2 Å². The lowest BCUT2D eigenvalue weighted by Gasteiger charge is -2.12. The first-order valence-electron chi connectivity index (χ1n) is 7.72. The smallest absolute Gasteiger partial charge is 0.416 e. The minimum absolute atomic E-state index is 0.0484. The molecule has 1 aliphatic rings. The van der Waals surface area contributed by atoms with Crippen LogP contribution in [-0.4, -0.2) is 23.1 Å². The summed E-state index contributed by atoms with van der Waals surface area (Å²) in [7, 11) is 0.